The summed E-state index contributed by atoms with van der Waals surface area (Å²) in [6.45, 7) is 2.62. The number of benzene rings is 2. The summed E-state index contributed by atoms with van der Waals surface area (Å²) in [5, 5.41) is 9.34. The van der Waals surface area contributed by atoms with E-state index >= 15 is 0 Å². The zero-order chi connectivity index (χ0) is 19.5. The maximum absolute atomic E-state index is 12.6. The summed E-state index contributed by atoms with van der Waals surface area (Å²) in [7, 11) is 0. The van der Waals surface area contributed by atoms with Gasteiger partial charge in [-0.2, -0.15) is 5.10 Å². The van der Waals surface area contributed by atoms with Crippen molar-refractivity contribution in [2.75, 3.05) is 6.54 Å². The van der Waals surface area contributed by atoms with Crippen molar-refractivity contribution in [3.63, 3.8) is 0 Å². The van der Waals surface area contributed by atoms with E-state index in [9.17, 15) is 4.79 Å². The van der Waals surface area contributed by atoms with Gasteiger partial charge in [-0.25, -0.2) is 4.68 Å². The monoisotopic (exact) mass is 409 g/mol. The molecule has 6 heteroatoms. The Balaban J connectivity index is 1.46. The molecule has 4 rings (SSSR count). The fourth-order valence-electron chi connectivity index (χ4n) is 3.14. The maximum Gasteiger partial charge on any atom is 0.261 e. The van der Waals surface area contributed by atoms with Crippen molar-refractivity contribution in [1.82, 2.24) is 15.1 Å². The van der Waals surface area contributed by atoms with E-state index < -0.39 is 0 Å². The maximum atomic E-state index is 12.6. The van der Waals surface area contributed by atoms with Crippen LogP contribution in [0.25, 0.3) is 15.9 Å². The van der Waals surface area contributed by atoms with Crippen molar-refractivity contribution in [2.45, 2.75) is 19.8 Å². The first-order chi connectivity index (χ1) is 13.6. The molecule has 0 fully saturated rings. The molecule has 28 heavy (non-hydrogen) atoms. The molecule has 0 unspecified atom stereocenters. The number of fused-ring (bicyclic) bond motifs is 1. The summed E-state index contributed by atoms with van der Waals surface area (Å²) < 4.78 is 1.87. The molecule has 2 aromatic carbocycles. The van der Waals surface area contributed by atoms with Crippen molar-refractivity contribution >= 4 is 39.1 Å². The Morgan fingerprint density at radius 2 is 1.89 bits per heavy atom. The number of hydrogen-bond acceptors (Lipinski definition) is 3. The Morgan fingerprint density at radius 1 is 1.14 bits per heavy atom. The van der Waals surface area contributed by atoms with Gasteiger partial charge in [0.15, 0.2) is 0 Å². The molecule has 0 atom stereocenters. The van der Waals surface area contributed by atoms with Gasteiger partial charge in [0, 0.05) is 17.0 Å². The van der Waals surface area contributed by atoms with E-state index in [4.69, 9.17) is 11.6 Å². The van der Waals surface area contributed by atoms with E-state index in [1.165, 1.54) is 16.9 Å². The number of rotatable bonds is 6. The Bertz CT molecular complexity index is 1100. The fraction of sp³-hybridized carbons (Fsp3) is 0.182. The van der Waals surface area contributed by atoms with Gasteiger partial charge in [0.1, 0.15) is 4.83 Å². The summed E-state index contributed by atoms with van der Waals surface area (Å²) in [6, 6.07) is 19.8. The summed E-state index contributed by atoms with van der Waals surface area (Å²) in [5.41, 5.74) is 3.13. The summed E-state index contributed by atoms with van der Waals surface area (Å²) in [4.78, 5) is 14.3. The first kappa shape index (κ1) is 18.7. The number of hydrogen-bond donors (Lipinski definition) is 1. The van der Waals surface area contributed by atoms with Crippen molar-refractivity contribution in [1.29, 1.82) is 0 Å². The molecule has 0 saturated carbocycles. The molecular weight excluding hydrogens is 390 g/mol. The third-order valence-electron chi connectivity index (χ3n) is 4.61. The Hall–Kier alpha value is -2.63. The van der Waals surface area contributed by atoms with E-state index in [1.54, 1.807) is 0 Å². The van der Waals surface area contributed by atoms with Gasteiger partial charge in [0.05, 0.1) is 16.3 Å². The van der Waals surface area contributed by atoms with Crippen LogP contribution in [0.5, 0.6) is 0 Å². The number of aromatic nitrogens is 2. The van der Waals surface area contributed by atoms with Crippen molar-refractivity contribution in [3.05, 3.63) is 81.8 Å². The zero-order valence-corrected chi connectivity index (χ0v) is 17.1. The molecule has 2 aromatic heterocycles. The van der Waals surface area contributed by atoms with Crippen LogP contribution in [0.15, 0.2) is 60.7 Å². The minimum atomic E-state index is -0.0312. The quantitative estimate of drug-likeness (QED) is 0.433. The van der Waals surface area contributed by atoms with E-state index in [-0.39, 0.29) is 5.91 Å². The Labute approximate surface area is 172 Å². The highest BCUT2D eigenvalue weighted by Gasteiger charge is 2.17. The number of nitrogens with one attached hydrogen (secondary N) is 1. The molecule has 1 N–H and O–H groups in total. The average Bonchev–Trinajstić information content (AvgIpc) is 3.27. The van der Waals surface area contributed by atoms with E-state index in [0.29, 0.717) is 16.4 Å². The number of carbonyl (C=O) groups is 1. The van der Waals surface area contributed by atoms with Gasteiger partial charge >= 0.3 is 0 Å². The number of carbonyl (C=O) groups excluding carboxylic acids is 1. The van der Waals surface area contributed by atoms with E-state index in [1.807, 2.05) is 60.1 Å². The standard InChI is InChI=1S/C22H20ClN3OS/c1-15-19-14-20(21(27)24-13-5-8-16-6-3-2-4-7-16)28-22(19)26(25-15)18-11-9-17(23)10-12-18/h2-4,6-7,9-12,14H,5,8,13H2,1H3,(H,24,27). The number of nitrogens with zero attached hydrogens (tertiary/aromatic N) is 2. The number of amides is 1. The molecule has 0 spiro atoms. The van der Waals surface area contributed by atoms with Gasteiger partial charge in [-0.15, -0.1) is 11.3 Å². The lowest BCUT2D eigenvalue weighted by molar-refractivity contribution is 0.0957. The third-order valence-corrected chi connectivity index (χ3v) is 5.97. The van der Waals surface area contributed by atoms with Gasteiger partial charge < -0.3 is 5.32 Å². The molecule has 0 radical (unpaired) electrons. The number of halogens is 1. The minimum absolute atomic E-state index is 0.0312. The van der Waals surface area contributed by atoms with Crippen LogP contribution in [0.3, 0.4) is 0 Å². The van der Waals surface area contributed by atoms with Gasteiger partial charge in [0.25, 0.3) is 5.91 Å². The second-order valence-corrected chi connectivity index (χ2v) is 8.12. The number of aryl methyl sites for hydroxylation is 2. The zero-order valence-electron chi connectivity index (χ0n) is 15.5. The Morgan fingerprint density at radius 3 is 2.64 bits per heavy atom. The van der Waals surface area contributed by atoms with Crippen molar-refractivity contribution in [2.24, 2.45) is 0 Å². The van der Waals surface area contributed by atoms with Crippen LogP contribution in [0, 0.1) is 6.92 Å². The number of thiophene rings is 1. The minimum Gasteiger partial charge on any atom is -0.351 e. The third kappa shape index (κ3) is 3.96. The van der Waals surface area contributed by atoms with Gasteiger partial charge in [-0.3, -0.25) is 4.79 Å². The fourth-order valence-corrected chi connectivity index (χ4v) is 4.37. The van der Waals surface area contributed by atoms with E-state index in [0.717, 1.165) is 34.4 Å². The lowest BCUT2D eigenvalue weighted by atomic mass is 10.1. The molecular formula is C22H20ClN3OS. The molecule has 0 aliphatic heterocycles. The van der Waals surface area contributed by atoms with Gasteiger partial charge in [-0.05, 0) is 55.7 Å². The van der Waals surface area contributed by atoms with Crippen LogP contribution in [0.4, 0.5) is 0 Å². The van der Waals surface area contributed by atoms with Crippen LogP contribution in [-0.4, -0.2) is 22.2 Å². The highest BCUT2D eigenvalue weighted by molar-refractivity contribution is 7.20. The smallest absolute Gasteiger partial charge is 0.261 e. The SMILES string of the molecule is Cc1nn(-c2ccc(Cl)cc2)c2sc(C(=O)NCCCc3ccccc3)cc12. The predicted octanol–water partition coefficient (Wildman–Crippen LogP) is 5.41. The largest absolute Gasteiger partial charge is 0.351 e. The summed E-state index contributed by atoms with van der Waals surface area (Å²) in [6.07, 6.45) is 1.87. The Kier molecular flexibility index (Phi) is 5.46. The average molecular weight is 410 g/mol. The second kappa shape index (κ2) is 8.17. The topological polar surface area (TPSA) is 46.9 Å². The summed E-state index contributed by atoms with van der Waals surface area (Å²) >= 11 is 7.45. The molecule has 1 amide bonds. The lowest BCUT2D eigenvalue weighted by Gasteiger charge is -2.04. The molecule has 0 bridgehead atoms. The van der Waals surface area contributed by atoms with Crippen LogP contribution >= 0.6 is 22.9 Å². The molecule has 4 nitrogen and oxygen atoms in total. The first-order valence-corrected chi connectivity index (χ1v) is 10.4. The predicted molar refractivity (Wildman–Crippen MR) is 116 cm³/mol. The highest BCUT2D eigenvalue weighted by Crippen LogP contribution is 2.30. The van der Waals surface area contributed by atoms with Crippen molar-refractivity contribution < 1.29 is 4.79 Å². The molecule has 0 saturated heterocycles. The van der Waals surface area contributed by atoms with Crippen LogP contribution in [0.1, 0.15) is 27.3 Å². The van der Waals surface area contributed by atoms with Crippen LogP contribution in [0.2, 0.25) is 5.02 Å². The molecule has 0 aliphatic carbocycles. The molecule has 2 heterocycles. The van der Waals surface area contributed by atoms with Gasteiger partial charge in [0.2, 0.25) is 0 Å². The molecule has 0 aliphatic rings. The first-order valence-electron chi connectivity index (χ1n) is 9.19. The highest BCUT2D eigenvalue weighted by atomic mass is 35.5. The molecule has 4 aromatic rings. The van der Waals surface area contributed by atoms with Crippen LogP contribution < -0.4 is 5.32 Å². The van der Waals surface area contributed by atoms with E-state index in [2.05, 4.69) is 22.5 Å². The summed E-state index contributed by atoms with van der Waals surface area (Å²) in [5.74, 6) is -0.0312. The molecule has 142 valence electrons. The van der Waals surface area contributed by atoms with Crippen LogP contribution in [-0.2, 0) is 6.42 Å². The lowest BCUT2D eigenvalue weighted by Crippen LogP contribution is -2.23. The second-order valence-electron chi connectivity index (χ2n) is 6.65. The van der Waals surface area contributed by atoms with Crippen molar-refractivity contribution in [3.8, 4) is 5.69 Å². The van der Waals surface area contributed by atoms with Gasteiger partial charge in [-0.1, -0.05) is 41.9 Å². The normalized spacial score (nSPS) is 11.1.